The number of halogens is 2. The van der Waals surface area contributed by atoms with E-state index in [4.69, 9.17) is 27.9 Å². The predicted molar refractivity (Wildman–Crippen MR) is 79.3 cm³/mol. The van der Waals surface area contributed by atoms with Gasteiger partial charge in [0.1, 0.15) is 5.75 Å². The van der Waals surface area contributed by atoms with Crippen LogP contribution < -0.4 is 4.74 Å². The van der Waals surface area contributed by atoms with E-state index < -0.39 is 0 Å². The van der Waals surface area contributed by atoms with E-state index >= 15 is 0 Å². The summed E-state index contributed by atoms with van der Waals surface area (Å²) in [6.07, 6.45) is 0.938. The van der Waals surface area contributed by atoms with Crippen molar-refractivity contribution in [1.82, 2.24) is 0 Å². The topological polar surface area (TPSA) is 9.23 Å². The van der Waals surface area contributed by atoms with Crippen LogP contribution in [0, 0.1) is 0 Å². The lowest BCUT2D eigenvalue weighted by Gasteiger charge is -2.29. The summed E-state index contributed by atoms with van der Waals surface area (Å²) in [4.78, 5) is 0. The number of alkyl halides is 1. The van der Waals surface area contributed by atoms with Crippen LogP contribution >= 0.6 is 23.2 Å². The van der Waals surface area contributed by atoms with E-state index in [2.05, 4.69) is 6.07 Å². The van der Waals surface area contributed by atoms with Crippen molar-refractivity contribution in [2.45, 2.75) is 17.7 Å². The lowest BCUT2D eigenvalue weighted by atomic mass is 9.87. The fourth-order valence-corrected chi connectivity index (χ4v) is 3.09. The van der Waals surface area contributed by atoms with Crippen LogP contribution in [0.3, 0.4) is 0 Å². The first-order valence-electron chi connectivity index (χ1n) is 6.37. The molecular weight excluding hydrogens is 279 g/mol. The van der Waals surface area contributed by atoms with E-state index in [-0.39, 0.29) is 11.3 Å². The van der Waals surface area contributed by atoms with E-state index in [0.717, 1.165) is 29.4 Å². The molecule has 0 aliphatic carbocycles. The van der Waals surface area contributed by atoms with Gasteiger partial charge in [-0.3, -0.25) is 0 Å². The van der Waals surface area contributed by atoms with Gasteiger partial charge in [0, 0.05) is 10.9 Å². The number of ether oxygens (including phenoxy) is 1. The molecule has 0 N–H and O–H groups in total. The number of hydrogen-bond acceptors (Lipinski definition) is 1. The molecule has 0 bridgehead atoms. The number of fused-ring (bicyclic) bond motifs is 1. The maximum Gasteiger partial charge on any atom is 0.122 e. The minimum absolute atomic E-state index is 0.0534. The summed E-state index contributed by atoms with van der Waals surface area (Å²) in [6.45, 7) is 0.721. The van der Waals surface area contributed by atoms with E-state index in [0.29, 0.717) is 0 Å². The van der Waals surface area contributed by atoms with Gasteiger partial charge in [-0.2, -0.15) is 0 Å². The molecule has 3 heteroatoms. The van der Waals surface area contributed by atoms with Crippen LogP contribution in [-0.4, -0.2) is 6.61 Å². The second-order valence-electron chi connectivity index (χ2n) is 4.73. The monoisotopic (exact) mass is 292 g/mol. The van der Waals surface area contributed by atoms with Gasteiger partial charge in [-0.15, -0.1) is 11.6 Å². The van der Waals surface area contributed by atoms with Crippen LogP contribution in [0.2, 0.25) is 5.02 Å². The molecule has 0 saturated heterocycles. The zero-order valence-electron chi connectivity index (χ0n) is 10.4. The van der Waals surface area contributed by atoms with E-state index in [1.54, 1.807) is 0 Å². The summed E-state index contributed by atoms with van der Waals surface area (Å²) in [5.74, 6) is 1.24. The standard InChI is InChI=1S/C16H14Cl2O/c17-12-7-5-11(6-8-12)16(18)14-9-10-19-15-4-2-1-3-13(14)15/h1-8,14,16H,9-10H2. The molecule has 1 nitrogen and oxygen atoms in total. The number of benzene rings is 2. The van der Waals surface area contributed by atoms with E-state index in [9.17, 15) is 0 Å². The molecule has 3 rings (SSSR count). The van der Waals surface area contributed by atoms with E-state index in [1.807, 2.05) is 42.5 Å². The van der Waals surface area contributed by atoms with Crippen LogP contribution in [0.1, 0.15) is 28.8 Å². The highest BCUT2D eigenvalue weighted by Gasteiger charge is 2.28. The third-order valence-corrected chi connectivity index (χ3v) is 4.35. The van der Waals surface area contributed by atoms with Crippen LogP contribution in [0.4, 0.5) is 0 Å². The molecule has 1 aliphatic rings. The normalized spacial score (nSPS) is 19.4. The van der Waals surface area contributed by atoms with Crippen molar-refractivity contribution < 1.29 is 4.74 Å². The largest absolute Gasteiger partial charge is 0.493 e. The number of para-hydroxylation sites is 1. The van der Waals surface area contributed by atoms with Gasteiger partial charge in [0.25, 0.3) is 0 Å². The Hall–Kier alpha value is -1.18. The molecule has 19 heavy (non-hydrogen) atoms. The van der Waals surface area contributed by atoms with Crippen LogP contribution in [0.5, 0.6) is 5.75 Å². The van der Waals surface area contributed by atoms with Crippen molar-refractivity contribution in [3.63, 3.8) is 0 Å². The average molecular weight is 293 g/mol. The maximum absolute atomic E-state index is 6.67. The third-order valence-electron chi connectivity index (χ3n) is 3.55. The summed E-state index contributed by atoms with van der Waals surface area (Å²) >= 11 is 12.6. The average Bonchev–Trinajstić information content (AvgIpc) is 2.47. The molecule has 0 aromatic heterocycles. The summed E-state index contributed by atoms with van der Waals surface area (Å²) in [7, 11) is 0. The zero-order valence-corrected chi connectivity index (χ0v) is 11.9. The van der Waals surface area contributed by atoms with Crippen LogP contribution in [0.15, 0.2) is 48.5 Å². The Bertz CT molecular complexity index is 565. The minimum Gasteiger partial charge on any atom is -0.493 e. The second kappa shape index (κ2) is 5.44. The Labute approximate surface area is 123 Å². The fourth-order valence-electron chi connectivity index (χ4n) is 2.55. The molecule has 2 aromatic carbocycles. The molecule has 2 aromatic rings. The molecule has 0 saturated carbocycles. The molecule has 0 spiro atoms. The molecule has 1 aliphatic heterocycles. The molecular formula is C16H14Cl2O. The predicted octanol–water partition coefficient (Wildman–Crippen LogP) is 5.19. The fraction of sp³-hybridized carbons (Fsp3) is 0.250. The minimum atomic E-state index is -0.0534. The van der Waals surface area contributed by atoms with Crippen molar-refractivity contribution in [2.24, 2.45) is 0 Å². The maximum atomic E-state index is 6.67. The lowest BCUT2D eigenvalue weighted by Crippen LogP contribution is -2.17. The summed E-state index contributed by atoms with van der Waals surface area (Å²) in [6, 6.07) is 15.9. The Morgan fingerprint density at radius 2 is 1.79 bits per heavy atom. The van der Waals surface area contributed by atoms with Gasteiger partial charge in [-0.1, -0.05) is 41.9 Å². The molecule has 0 radical (unpaired) electrons. The zero-order chi connectivity index (χ0) is 13.2. The molecule has 0 amide bonds. The summed E-state index contributed by atoms with van der Waals surface area (Å²) in [5, 5.41) is 0.683. The molecule has 1 heterocycles. The van der Waals surface area contributed by atoms with Gasteiger partial charge in [-0.05, 0) is 35.7 Å². The van der Waals surface area contributed by atoms with Crippen LogP contribution in [-0.2, 0) is 0 Å². The van der Waals surface area contributed by atoms with Gasteiger partial charge in [0.2, 0.25) is 0 Å². The highest BCUT2D eigenvalue weighted by molar-refractivity contribution is 6.30. The van der Waals surface area contributed by atoms with Crippen molar-refractivity contribution >= 4 is 23.2 Å². The highest BCUT2D eigenvalue weighted by Crippen LogP contribution is 2.44. The van der Waals surface area contributed by atoms with Crippen molar-refractivity contribution in [1.29, 1.82) is 0 Å². The van der Waals surface area contributed by atoms with Gasteiger partial charge < -0.3 is 4.74 Å². The third kappa shape index (κ3) is 2.58. The number of rotatable bonds is 2. The Morgan fingerprint density at radius 3 is 2.58 bits per heavy atom. The lowest BCUT2D eigenvalue weighted by molar-refractivity contribution is 0.265. The molecule has 2 atom stereocenters. The summed E-state index contributed by atoms with van der Waals surface area (Å²) < 4.78 is 5.68. The van der Waals surface area contributed by atoms with Gasteiger partial charge in [-0.25, -0.2) is 0 Å². The van der Waals surface area contributed by atoms with Gasteiger partial charge in [0.15, 0.2) is 0 Å². The number of hydrogen-bond donors (Lipinski definition) is 0. The Kier molecular flexibility index (Phi) is 3.67. The van der Waals surface area contributed by atoms with Gasteiger partial charge in [0.05, 0.1) is 12.0 Å². The van der Waals surface area contributed by atoms with Gasteiger partial charge >= 0.3 is 0 Å². The smallest absolute Gasteiger partial charge is 0.122 e. The summed E-state index contributed by atoms with van der Waals surface area (Å²) in [5.41, 5.74) is 2.30. The molecule has 2 unspecified atom stereocenters. The first-order valence-corrected chi connectivity index (χ1v) is 7.18. The first kappa shape index (κ1) is 12.8. The van der Waals surface area contributed by atoms with Crippen molar-refractivity contribution in [3.8, 4) is 5.75 Å². The second-order valence-corrected chi connectivity index (χ2v) is 5.64. The Morgan fingerprint density at radius 1 is 1.05 bits per heavy atom. The van der Waals surface area contributed by atoms with Crippen LogP contribution in [0.25, 0.3) is 0 Å². The van der Waals surface area contributed by atoms with Crippen molar-refractivity contribution in [2.75, 3.05) is 6.61 Å². The molecule has 98 valence electrons. The quantitative estimate of drug-likeness (QED) is 0.693. The first-order chi connectivity index (χ1) is 9.25. The highest BCUT2D eigenvalue weighted by atomic mass is 35.5. The SMILES string of the molecule is Clc1ccc(C(Cl)C2CCOc3ccccc32)cc1. The Balaban J connectivity index is 1.92. The van der Waals surface area contributed by atoms with E-state index in [1.165, 1.54) is 5.56 Å². The van der Waals surface area contributed by atoms with Crippen molar-refractivity contribution in [3.05, 3.63) is 64.7 Å². The molecule has 0 fully saturated rings.